The van der Waals surface area contributed by atoms with Crippen molar-refractivity contribution in [3.8, 4) is 0 Å². The number of allylic oxidation sites excluding steroid dienone is 3. The van der Waals surface area contributed by atoms with Crippen molar-refractivity contribution >= 4 is 0 Å². The molecular weight excluding hydrogens is 128 g/mol. The van der Waals surface area contributed by atoms with Gasteiger partial charge in [-0.3, -0.25) is 0 Å². The van der Waals surface area contributed by atoms with Crippen molar-refractivity contribution in [1.29, 1.82) is 0 Å². The highest BCUT2D eigenvalue weighted by atomic mass is 16.5. The predicted molar refractivity (Wildman–Crippen MR) is 41.5 cm³/mol. The molecule has 0 amide bonds. The van der Waals surface area contributed by atoms with Gasteiger partial charge in [0.25, 0.3) is 0 Å². The molecule has 0 aliphatic rings. The number of aliphatic hydroxyl groups is 1. The third-order valence-electron chi connectivity index (χ3n) is 0.843. The number of aliphatic hydroxyl groups excluding tert-OH is 1. The second-order valence-corrected chi connectivity index (χ2v) is 1.58. The van der Waals surface area contributed by atoms with Crippen LogP contribution in [0.4, 0.5) is 0 Å². The maximum absolute atomic E-state index is 8.37. The Morgan fingerprint density at radius 1 is 1.50 bits per heavy atom. The van der Waals surface area contributed by atoms with Crippen molar-refractivity contribution in [3.05, 3.63) is 37.1 Å². The summed E-state index contributed by atoms with van der Waals surface area (Å²) < 4.78 is 5.00. The lowest BCUT2D eigenvalue weighted by atomic mass is 10.4. The SMILES string of the molecule is C=C/C=C(\C=C)OCCO. The summed E-state index contributed by atoms with van der Waals surface area (Å²) in [6.07, 6.45) is 4.86. The van der Waals surface area contributed by atoms with Gasteiger partial charge in [-0.15, -0.1) is 0 Å². The van der Waals surface area contributed by atoms with E-state index >= 15 is 0 Å². The molecule has 0 aromatic carbocycles. The first-order chi connectivity index (χ1) is 4.85. The minimum Gasteiger partial charge on any atom is -0.491 e. The maximum atomic E-state index is 8.37. The van der Waals surface area contributed by atoms with Crippen molar-refractivity contribution in [2.45, 2.75) is 0 Å². The monoisotopic (exact) mass is 140 g/mol. The molecule has 0 aromatic heterocycles. The second kappa shape index (κ2) is 6.11. The van der Waals surface area contributed by atoms with Crippen LogP contribution in [0.1, 0.15) is 0 Å². The Hall–Kier alpha value is -1.02. The van der Waals surface area contributed by atoms with E-state index in [4.69, 9.17) is 9.84 Å². The zero-order chi connectivity index (χ0) is 7.82. The molecule has 0 bridgehead atoms. The maximum Gasteiger partial charge on any atom is 0.118 e. The first-order valence-corrected chi connectivity index (χ1v) is 3.04. The highest BCUT2D eigenvalue weighted by molar-refractivity contribution is 5.14. The molecule has 0 aromatic rings. The fourth-order valence-corrected chi connectivity index (χ4v) is 0.455. The summed E-state index contributed by atoms with van der Waals surface area (Å²) in [5, 5.41) is 8.37. The van der Waals surface area contributed by atoms with Gasteiger partial charge >= 0.3 is 0 Å². The van der Waals surface area contributed by atoms with Crippen molar-refractivity contribution in [2.24, 2.45) is 0 Å². The number of ether oxygens (including phenoxy) is 1. The summed E-state index contributed by atoms with van der Waals surface area (Å²) in [5.74, 6) is 0.629. The fraction of sp³-hybridized carbons (Fsp3) is 0.250. The Labute approximate surface area is 61.1 Å². The van der Waals surface area contributed by atoms with Gasteiger partial charge < -0.3 is 9.84 Å². The molecule has 0 radical (unpaired) electrons. The zero-order valence-electron chi connectivity index (χ0n) is 5.92. The Morgan fingerprint density at radius 3 is 2.60 bits per heavy atom. The summed E-state index contributed by atoms with van der Waals surface area (Å²) in [7, 11) is 0. The van der Waals surface area contributed by atoms with E-state index in [1.165, 1.54) is 0 Å². The average Bonchev–Trinajstić information content (AvgIpc) is 1.98. The molecule has 1 N–H and O–H groups in total. The number of hydrogen-bond acceptors (Lipinski definition) is 2. The van der Waals surface area contributed by atoms with Gasteiger partial charge in [0, 0.05) is 0 Å². The third-order valence-corrected chi connectivity index (χ3v) is 0.843. The van der Waals surface area contributed by atoms with Gasteiger partial charge in [0.1, 0.15) is 12.4 Å². The van der Waals surface area contributed by atoms with Crippen LogP contribution >= 0.6 is 0 Å². The normalized spacial score (nSPS) is 10.7. The van der Waals surface area contributed by atoms with E-state index in [9.17, 15) is 0 Å². The number of hydrogen-bond donors (Lipinski definition) is 1. The Bertz CT molecular complexity index is 136. The standard InChI is InChI=1S/C8H12O2/c1-3-5-8(4-2)10-7-6-9/h3-5,9H,1-2,6-7H2/b8-5+. The van der Waals surface area contributed by atoms with E-state index in [2.05, 4.69) is 13.2 Å². The van der Waals surface area contributed by atoms with Gasteiger partial charge in [-0.25, -0.2) is 0 Å². The summed E-state index contributed by atoms with van der Waals surface area (Å²) in [4.78, 5) is 0. The van der Waals surface area contributed by atoms with Crippen LogP contribution < -0.4 is 0 Å². The van der Waals surface area contributed by atoms with Crippen LogP contribution in [0.15, 0.2) is 37.1 Å². The molecule has 0 unspecified atom stereocenters. The number of rotatable bonds is 5. The van der Waals surface area contributed by atoms with Gasteiger partial charge in [-0.05, 0) is 12.2 Å². The molecule has 10 heavy (non-hydrogen) atoms. The molecule has 0 atom stereocenters. The van der Waals surface area contributed by atoms with Gasteiger partial charge in [-0.2, -0.15) is 0 Å². The van der Waals surface area contributed by atoms with E-state index < -0.39 is 0 Å². The fourth-order valence-electron chi connectivity index (χ4n) is 0.455. The van der Waals surface area contributed by atoms with Gasteiger partial charge in [0.2, 0.25) is 0 Å². The van der Waals surface area contributed by atoms with Crippen molar-refractivity contribution in [2.75, 3.05) is 13.2 Å². The molecule has 56 valence electrons. The van der Waals surface area contributed by atoms with Crippen LogP contribution in [-0.2, 0) is 4.74 Å². The lowest BCUT2D eigenvalue weighted by Gasteiger charge is -2.01. The molecule has 0 heterocycles. The van der Waals surface area contributed by atoms with Gasteiger partial charge in [0.15, 0.2) is 0 Å². The Balaban J connectivity index is 3.70. The largest absolute Gasteiger partial charge is 0.491 e. The van der Waals surface area contributed by atoms with Crippen molar-refractivity contribution in [3.63, 3.8) is 0 Å². The molecule has 0 fully saturated rings. The van der Waals surface area contributed by atoms with Crippen molar-refractivity contribution < 1.29 is 9.84 Å². The predicted octanol–water partition coefficient (Wildman–Crippen LogP) is 1.25. The van der Waals surface area contributed by atoms with Crippen LogP contribution in [-0.4, -0.2) is 18.3 Å². The molecular formula is C8H12O2. The Morgan fingerprint density at radius 2 is 2.20 bits per heavy atom. The van der Waals surface area contributed by atoms with Crippen LogP contribution in [0.3, 0.4) is 0 Å². The van der Waals surface area contributed by atoms with Crippen molar-refractivity contribution in [1.82, 2.24) is 0 Å². The van der Waals surface area contributed by atoms with E-state index in [-0.39, 0.29) is 6.61 Å². The molecule has 0 spiro atoms. The first kappa shape index (κ1) is 8.98. The molecule has 0 rings (SSSR count). The van der Waals surface area contributed by atoms with E-state index in [1.807, 2.05) is 0 Å². The quantitative estimate of drug-likeness (QED) is 0.460. The van der Waals surface area contributed by atoms with E-state index in [0.29, 0.717) is 12.4 Å². The van der Waals surface area contributed by atoms with Gasteiger partial charge in [0.05, 0.1) is 6.61 Å². The smallest absolute Gasteiger partial charge is 0.118 e. The summed E-state index contributed by atoms with van der Waals surface area (Å²) in [6, 6.07) is 0. The summed E-state index contributed by atoms with van der Waals surface area (Å²) in [5.41, 5.74) is 0. The highest BCUT2D eigenvalue weighted by Gasteiger charge is 1.86. The summed E-state index contributed by atoms with van der Waals surface area (Å²) >= 11 is 0. The minimum atomic E-state index is 0.0162. The molecule has 0 aliphatic heterocycles. The topological polar surface area (TPSA) is 29.5 Å². The second-order valence-electron chi connectivity index (χ2n) is 1.58. The minimum absolute atomic E-state index is 0.0162. The van der Waals surface area contributed by atoms with E-state index in [1.54, 1.807) is 18.2 Å². The molecule has 0 saturated heterocycles. The van der Waals surface area contributed by atoms with Crippen LogP contribution in [0.2, 0.25) is 0 Å². The van der Waals surface area contributed by atoms with Gasteiger partial charge in [-0.1, -0.05) is 19.2 Å². The van der Waals surface area contributed by atoms with E-state index in [0.717, 1.165) is 0 Å². The average molecular weight is 140 g/mol. The summed E-state index contributed by atoms with van der Waals surface area (Å²) in [6.45, 7) is 7.31. The lowest BCUT2D eigenvalue weighted by molar-refractivity contribution is 0.152. The Kier molecular flexibility index (Phi) is 5.48. The molecule has 0 aliphatic carbocycles. The third kappa shape index (κ3) is 3.92. The first-order valence-electron chi connectivity index (χ1n) is 3.04. The molecule has 2 nitrogen and oxygen atoms in total. The zero-order valence-corrected chi connectivity index (χ0v) is 5.92. The van der Waals surface area contributed by atoms with Crippen LogP contribution in [0.5, 0.6) is 0 Å². The van der Waals surface area contributed by atoms with Crippen LogP contribution in [0, 0.1) is 0 Å². The van der Waals surface area contributed by atoms with Crippen LogP contribution in [0.25, 0.3) is 0 Å². The molecule has 2 heteroatoms. The molecule has 0 saturated carbocycles. The highest BCUT2D eigenvalue weighted by Crippen LogP contribution is 1.96. The lowest BCUT2D eigenvalue weighted by Crippen LogP contribution is -1.96.